The summed E-state index contributed by atoms with van der Waals surface area (Å²) in [5, 5.41) is 27.0. The van der Waals surface area contributed by atoms with E-state index in [0.717, 1.165) is 12.0 Å². The Morgan fingerprint density at radius 1 is 1.19 bits per heavy atom. The predicted molar refractivity (Wildman–Crippen MR) is 81.8 cm³/mol. The molecule has 1 atom stereocenters. The Balaban J connectivity index is 3.03. The molecule has 0 aliphatic carbocycles. The van der Waals surface area contributed by atoms with E-state index in [4.69, 9.17) is 15.8 Å². The van der Waals surface area contributed by atoms with Gasteiger partial charge in [0.2, 0.25) is 0 Å². The van der Waals surface area contributed by atoms with Gasteiger partial charge in [0.25, 0.3) is 0 Å². The van der Waals surface area contributed by atoms with E-state index in [1.54, 1.807) is 6.07 Å². The fourth-order valence-electron chi connectivity index (χ4n) is 2.15. The van der Waals surface area contributed by atoms with Gasteiger partial charge in [-0.25, -0.2) is 0 Å². The van der Waals surface area contributed by atoms with Gasteiger partial charge in [0, 0.05) is 11.3 Å². The van der Waals surface area contributed by atoms with Crippen molar-refractivity contribution in [3.8, 4) is 18.2 Å². The molecule has 1 aromatic carbocycles. The second-order valence-corrected chi connectivity index (χ2v) is 5.58. The molecule has 0 spiro atoms. The number of nitrogens with zero attached hydrogens (tertiary/aromatic N) is 3. The quantitative estimate of drug-likeness (QED) is 0.761. The van der Waals surface area contributed by atoms with Crippen LogP contribution < -0.4 is 0 Å². The Hall–Kier alpha value is -2.57. The van der Waals surface area contributed by atoms with Crippen LogP contribution in [0.4, 0.5) is 0 Å². The molecule has 0 aliphatic heterocycles. The fraction of sp³-hybridized carbons (Fsp3) is 0.389. The first-order valence-corrected chi connectivity index (χ1v) is 6.97. The van der Waals surface area contributed by atoms with Gasteiger partial charge in [0.1, 0.15) is 5.92 Å². The smallest absolute Gasteiger partial charge is 0.139 e. The van der Waals surface area contributed by atoms with Gasteiger partial charge >= 0.3 is 0 Å². The zero-order valence-corrected chi connectivity index (χ0v) is 12.7. The minimum absolute atomic E-state index is 0.0709. The molecule has 0 heterocycles. The van der Waals surface area contributed by atoms with E-state index in [-0.39, 0.29) is 11.3 Å². The number of hydrogen-bond acceptors (Lipinski definition) is 3. The monoisotopic (exact) mass is 277 g/mol. The lowest BCUT2D eigenvalue weighted by Gasteiger charge is -2.22. The molecule has 1 rings (SSSR count). The van der Waals surface area contributed by atoms with Crippen molar-refractivity contribution in [1.82, 2.24) is 0 Å². The van der Waals surface area contributed by atoms with Crippen molar-refractivity contribution < 1.29 is 0 Å². The third-order valence-corrected chi connectivity index (χ3v) is 3.67. The van der Waals surface area contributed by atoms with Crippen molar-refractivity contribution in [2.45, 2.75) is 32.6 Å². The molecule has 0 N–H and O–H groups in total. The summed E-state index contributed by atoms with van der Waals surface area (Å²) in [4.78, 5) is 0. The summed E-state index contributed by atoms with van der Waals surface area (Å²) >= 11 is 0. The highest BCUT2D eigenvalue weighted by Crippen LogP contribution is 2.27. The van der Waals surface area contributed by atoms with E-state index < -0.39 is 5.92 Å². The zero-order valence-electron chi connectivity index (χ0n) is 12.7. The van der Waals surface area contributed by atoms with Crippen LogP contribution >= 0.6 is 0 Å². The molecule has 0 saturated heterocycles. The molecule has 0 fully saturated rings. The lowest BCUT2D eigenvalue weighted by Crippen LogP contribution is -2.15. The maximum atomic E-state index is 9.00. The summed E-state index contributed by atoms with van der Waals surface area (Å²) in [5.41, 5.74) is 1.42. The van der Waals surface area contributed by atoms with E-state index in [2.05, 4.69) is 19.9 Å². The lowest BCUT2D eigenvalue weighted by atomic mass is 9.81. The Morgan fingerprint density at radius 3 is 2.38 bits per heavy atom. The van der Waals surface area contributed by atoms with Crippen LogP contribution in [0.15, 0.2) is 36.4 Å². The Labute approximate surface area is 126 Å². The van der Waals surface area contributed by atoms with Gasteiger partial charge in [-0.2, -0.15) is 15.8 Å². The highest BCUT2D eigenvalue weighted by molar-refractivity contribution is 5.38. The molecule has 1 aromatic rings. The first kappa shape index (κ1) is 16.5. The zero-order chi connectivity index (χ0) is 15.9. The number of nitriles is 3. The van der Waals surface area contributed by atoms with E-state index in [9.17, 15) is 0 Å². The molecular formula is C18H19N3. The van der Waals surface area contributed by atoms with Crippen LogP contribution in [0.3, 0.4) is 0 Å². The van der Waals surface area contributed by atoms with Gasteiger partial charge in [-0.3, -0.25) is 0 Å². The normalized spacial score (nSPS) is 12.6. The Bertz CT molecular complexity index is 622. The topological polar surface area (TPSA) is 71.4 Å². The summed E-state index contributed by atoms with van der Waals surface area (Å²) in [6, 6.07) is 13.7. The third-order valence-electron chi connectivity index (χ3n) is 3.67. The minimum atomic E-state index is -0.618. The predicted octanol–water partition coefficient (Wildman–Crippen LogP) is 4.08. The minimum Gasteiger partial charge on any atom is -0.197 e. The van der Waals surface area contributed by atoms with E-state index >= 15 is 0 Å². The second kappa shape index (κ2) is 7.28. The van der Waals surface area contributed by atoms with E-state index in [0.29, 0.717) is 5.56 Å². The standard InChI is InChI=1S/C18H19N3/c1-4-15(16(12-20)13-21)8-9-18(2,3)17-7-5-6-14(10-17)11-19/h5-10,15-16H,4H2,1-3H3/b9-8+. The molecule has 0 radical (unpaired) electrons. The van der Waals surface area contributed by atoms with Crippen LogP contribution in [0.25, 0.3) is 0 Å². The van der Waals surface area contributed by atoms with E-state index in [1.165, 1.54) is 0 Å². The van der Waals surface area contributed by atoms with Gasteiger partial charge in [-0.1, -0.05) is 45.1 Å². The summed E-state index contributed by atoms with van der Waals surface area (Å²) < 4.78 is 0. The Morgan fingerprint density at radius 2 is 1.86 bits per heavy atom. The van der Waals surface area contributed by atoms with Gasteiger partial charge < -0.3 is 0 Å². The average molecular weight is 277 g/mol. The van der Waals surface area contributed by atoms with Gasteiger partial charge in [0.15, 0.2) is 0 Å². The molecule has 1 unspecified atom stereocenters. The van der Waals surface area contributed by atoms with Crippen molar-refractivity contribution in [3.63, 3.8) is 0 Å². The molecule has 21 heavy (non-hydrogen) atoms. The molecule has 0 saturated carbocycles. The maximum Gasteiger partial charge on any atom is 0.139 e. The Kier molecular flexibility index (Phi) is 5.71. The number of hydrogen-bond donors (Lipinski definition) is 0. The summed E-state index contributed by atoms with van der Waals surface area (Å²) in [6.07, 6.45) is 4.73. The first-order valence-electron chi connectivity index (χ1n) is 6.97. The molecule has 106 valence electrons. The average Bonchev–Trinajstić information content (AvgIpc) is 2.51. The van der Waals surface area contributed by atoms with Gasteiger partial charge in [-0.15, -0.1) is 0 Å². The molecule has 0 bridgehead atoms. The van der Waals surface area contributed by atoms with Crippen molar-refractivity contribution in [2.75, 3.05) is 0 Å². The van der Waals surface area contributed by atoms with Crippen molar-refractivity contribution in [3.05, 3.63) is 47.5 Å². The highest BCUT2D eigenvalue weighted by atomic mass is 14.3. The first-order chi connectivity index (χ1) is 9.98. The molecule has 0 aliphatic rings. The van der Waals surface area contributed by atoms with Gasteiger partial charge in [0.05, 0.1) is 23.8 Å². The highest BCUT2D eigenvalue weighted by Gasteiger charge is 2.21. The summed E-state index contributed by atoms with van der Waals surface area (Å²) in [6.45, 7) is 6.08. The van der Waals surface area contributed by atoms with Crippen LogP contribution in [0.2, 0.25) is 0 Å². The number of benzene rings is 1. The largest absolute Gasteiger partial charge is 0.197 e. The fourth-order valence-corrected chi connectivity index (χ4v) is 2.15. The lowest BCUT2D eigenvalue weighted by molar-refractivity contribution is 0.546. The van der Waals surface area contributed by atoms with E-state index in [1.807, 2.05) is 49.4 Å². The van der Waals surface area contributed by atoms with Crippen molar-refractivity contribution in [1.29, 1.82) is 15.8 Å². The molecule has 3 heteroatoms. The third kappa shape index (κ3) is 4.20. The van der Waals surface area contributed by atoms with Crippen LogP contribution in [0.1, 0.15) is 38.3 Å². The summed E-state index contributed by atoms with van der Waals surface area (Å²) in [5.74, 6) is -0.689. The molecule has 3 nitrogen and oxygen atoms in total. The number of allylic oxidation sites excluding steroid dienone is 2. The SMILES string of the molecule is CCC(/C=C/C(C)(C)c1cccc(C#N)c1)C(C#N)C#N. The molecule has 0 amide bonds. The van der Waals surface area contributed by atoms with Crippen LogP contribution in [0.5, 0.6) is 0 Å². The summed E-state index contributed by atoms with van der Waals surface area (Å²) in [7, 11) is 0. The van der Waals surface area contributed by atoms with Crippen LogP contribution in [-0.2, 0) is 5.41 Å². The van der Waals surface area contributed by atoms with Crippen molar-refractivity contribution >= 4 is 0 Å². The van der Waals surface area contributed by atoms with Crippen LogP contribution in [0, 0.1) is 45.8 Å². The van der Waals surface area contributed by atoms with Crippen LogP contribution in [-0.4, -0.2) is 0 Å². The maximum absolute atomic E-state index is 9.00. The molecule has 0 aromatic heterocycles. The molecular weight excluding hydrogens is 258 g/mol. The van der Waals surface area contributed by atoms with Crippen molar-refractivity contribution in [2.24, 2.45) is 11.8 Å². The van der Waals surface area contributed by atoms with Gasteiger partial charge in [-0.05, 0) is 24.1 Å². The second-order valence-electron chi connectivity index (χ2n) is 5.58. The number of rotatable bonds is 5.